The Kier molecular flexibility index (Phi) is 3.39. The Hall–Kier alpha value is -3.40. The molecule has 0 amide bonds. The molecule has 4 aromatic rings. The summed E-state index contributed by atoms with van der Waals surface area (Å²) in [4.78, 5) is 10.0. The highest BCUT2D eigenvalue weighted by atomic mass is 16.3. The summed E-state index contributed by atoms with van der Waals surface area (Å²) in [6, 6.07) is 21.4. The van der Waals surface area contributed by atoms with Crippen LogP contribution in [0, 0.1) is 5.92 Å². The molecule has 8 rings (SSSR count). The van der Waals surface area contributed by atoms with Crippen LogP contribution in [0.15, 0.2) is 82.7 Å². The number of hydrogen-bond donors (Lipinski definition) is 0. The number of hydrogen-bond acceptors (Lipinski definition) is 3. The summed E-state index contributed by atoms with van der Waals surface area (Å²) < 4.78 is 7.91. The molecular weight excluding hydrogens is 382 g/mol. The third-order valence-electron chi connectivity index (χ3n) is 7.49. The first-order valence-electron chi connectivity index (χ1n) is 11.1. The van der Waals surface area contributed by atoms with E-state index < -0.39 is 0 Å². The quantitative estimate of drug-likeness (QED) is 0.414. The Balaban J connectivity index is 1.48. The highest BCUT2D eigenvalue weighted by molar-refractivity contribution is 6.15. The van der Waals surface area contributed by atoms with Gasteiger partial charge in [0.25, 0.3) is 0 Å². The summed E-state index contributed by atoms with van der Waals surface area (Å²) in [5.74, 6) is 1.74. The van der Waals surface area contributed by atoms with Crippen molar-refractivity contribution in [3.63, 3.8) is 0 Å². The first kappa shape index (κ1) is 17.3. The minimum absolute atomic E-state index is 0.0522. The van der Waals surface area contributed by atoms with E-state index >= 15 is 0 Å². The molecule has 4 nitrogen and oxygen atoms in total. The highest BCUT2D eigenvalue weighted by Crippen LogP contribution is 2.65. The van der Waals surface area contributed by atoms with E-state index in [2.05, 4.69) is 60.0 Å². The monoisotopic (exact) mass is 405 g/mol. The normalized spacial score (nSPS) is 25.5. The minimum Gasteiger partial charge on any atom is -0.463 e. The van der Waals surface area contributed by atoms with Crippen LogP contribution in [0.2, 0.25) is 0 Å². The molecule has 1 aliphatic heterocycles. The van der Waals surface area contributed by atoms with Crippen LogP contribution in [0.1, 0.15) is 54.6 Å². The van der Waals surface area contributed by atoms with Gasteiger partial charge in [-0.05, 0) is 67.3 Å². The summed E-state index contributed by atoms with van der Waals surface area (Å²) in [5, 5.41) is 0. The molecule has 4 heteroatoms. The Morgan fingerprint density at radius 3 is 2.55 bits per heavy atom. The second-order valence-corrected chi connectivity index (χ2v) is 9.34. The van der Waals surface area contributed by atoms with Crippen molar-refractivity contribution in [2.24, 2.45) is 10.9 Å². The summed E-state index contributed by atoms with van der Waals surface area (Å²) in [6.45, 7) is 2.15. The first-order valence-corrected chi connectivity index (χ1v) is 11.1. The minimum atomic E-state index is -0.0522. The topological polar surface area (TPSA) is 43.3 Å². The van der Waals surface area contributed by atoms with Gasteiger partial charge in [0.1, 0.15) is 12.0 Å². The maximum Gasteiger partial charge on any atom is 0.154 e. The van der Waals surface area contributed by atoms with Crippen LogP contribution < -0.4 is 0 Å². The second kappa shape index (κ2) is 6.07. The largest absolute Gasteiger partial charge is 0.463 e. The molecule has 2 bridgehead atoms. The Bertz CT molecular complexity index is 1310. The van der Waals surface area contributed by atoms with Gasteiger partial charge in [-0.2, -0.15) is 0 Å². The predicted octanol–water partition coefficient (Wildman–Crippen LogP) is 6.10. The maximum absolute atomic E-state index is 5.70. The van der Waals surface area contributed by atoms with Gasteiger partial charge in [0.05, 0.1) is 29.4 Å². The maximum atomic E-state index is 5.70. The number of benzene rings is 2. The Labute approximate surface area is 181 Å². The van der Waals surface area contributed by atoms with E-state index in [1.54, 1.807) is 6.26 Å². The molecule has 4 aliphatic rings. The SMILES string of the molecule is C[C@@H]1N=C(c2ccccc2)c2cc(C34CC(C3)C4)ccc2-n2cnc(-c3ccco3)c21. The molecular formula is C27H23N3O. The lowest BCUT2D eigenvalue weighted by atomic mass is 9.42. The van der Waals surface area contributed by atoms with Gasteiger partial charge in [0.2, 0.25) is 0 Å². The van der Waals surface area contributed by atoms with Crippen LogP contribution in [0.4, 0.5) is 0 Å². The van der Waals surface area contributed by atoms with Gasteiger partial charge in [-0.1, -0.05) is 36.4 Å². The molecule has 0 unspecified atom stereocenters. The predicted molar refractivity (Wildman–Crippen MR) is 121 cm³/mol. The lowest BCUT2D eigenvalue weighted by Crippen LogP contribution is -2.55. The van der Waals surface area contributed by atoms with E-state index in [0.29, 0.717) is 5.41 Å². The van der Waals surface area contributed by atoms with Crippen molar-refractivity contribution < 1.29 is 4.42 Å². The lowest BCUT2D eigenvalue weighted by Gasteiger charge is -2.62. The van der Waals surface area contributed by atoms with Crippen LogP contribution >= 0.6 is 0 Å². The molecule has 3 saturated carbocycles. The van der Waals surface area contributed by atoms with Crippen molar-refractivity contribution >= 4 is 5.71 Å². The van der Waals surface area contributed by atoms with Crippen LogP contribution in [0.3, 0.4) is 0 Å². The van der Waals surface area contributed by atoms with Crippen molar-refractivity contribution in [2.45, 2.75) is 37.6 Å². The molecule has 3 aliphatic carbocycles. The molecule has 0 N–H and O–H groups in total. The lowest BCUT2D eigenvalue weighted by molar-refractivity contribution is -0.0274. The van der Waals surface area contributed by atoms with Gasteiger partial charge < -0.3 is 4.42 Å². The third-order valence-corrected chi connectivity index (χ3v) is 7.49. The van der Waals surface area contributed by atoms with E-state index in [9.17, 15) is 0 Å². The zero-order valence-corrected chi connectivity index (χ0v) is 17.5. The number of nitrogens with zero attached hydrogens (tertiary/aromatic N) is 3. The van der Waals surface area contributed by atoms with Crippen LogP contribution in [-0.4, -0.2) is 15.3 Å². The van der Waals surface area contributed by atoms with Crippen LogP contribution in [0.25, 0.3) is 17.1 Å². The summed E-state index contributed by atoms with van der Waals surface area (Å²) >= 11 is 0. The fourth-order valence-corrected chi connectivity index (χ4v) is 5.80. The summed E-state index contributed by atoms with van der Waals surface area (Å²) in [5.41, 5.74) is 8.38. The number of rotatable bonds is 3. The van der Waals surface area contributed by atoms with Crippen LogP contribution in [0.5, 0.6) is 0 Å². The van der Waals surface area contributed by atoms with E-state index in [4.69, 9.17) is 14.4 Å². The van der Waals surface area contributed by atoms with Gasteiger partial charge in [0.15, 0.2) is 5.76 Å². The van der Waals surface area contributed by atoms with Crippen LogP contribution in [-0.2, 0) is 5.41 Å². The van der Waals surface area contributed by atoms with Gasteiger partial charge >= 0.3 is 0 Å². The van der Waals surface area contributed by atoms with Gasteiger partial charge in [0, 0.05) is 11.1 Å². The number of imidazole rings is 1. The highest BCUT2D eigenvalue weighted by Gasteiger charge is 2.57. The molecule has 31 heavy (non-hydrogen) atoms. The Morgan fingerprint density at radius 1 is 1.00 bits per heavy atom. The number of aliphatic imine (C=N–C) groups is 1. The van der Waals surface area contributed by atoms with Gasteiger partial charge in [-0.25, -0.2) is 4.98 Å². The fraction of sp³-hybridized carbons (Fsp3) is 0.259. The zero-order chi connectivity index (χ0) is 20.6. The third kappa shape index (κ3) is 2.36. The second-order valence-electron chi connectivity index (χ2n) is 9.34. The molecule has 0 saturated heterocycles. The van der Waals surface area contributed by atoms with Gasteiger partial charge in [-0.15, -0.1) is 0 Å². The number of aromatic nitrogens is 2. The van der Waals surface area contributed by atoms with E-state index in [1.165, 1.54) is 30.4 Å². The molecule has 0 radical (unpaired) electrons. The van der Waals surface area contributed by atoms with Crippen molar-refractivity contribution in [2.75, 3.05) is 0 Å². The van der Waals surface area contributed by atoms with Crippen molar-refractivity contribution in [1.82, 2.24) is 9.55 Å². The number of furan rings is 1. The molecule has 0 spiro atoms. The number of fused-ring (bicyclic) bond motifs is 3. The molecule has 1 atom stereocenters. The average molecular weight is 406 g/mol. The average Bonchev–Trinajstić information content (AvgIpc) is 3.38. The Morgan fingerprint density at radius 2 is 1.84 bits per heavy atom. The van der Waals surface area contributed by atoms with Crippen molar-refractivity contribution in [3.05, 3.63) is 95.6 Å². The fourth-order valence-electron chi connectivity index (χ4n) is 5.80. The van der Waals surface area contributed by atoms with Gasteiger partial charge in [-0.3, -0.25) is 9.56 Å². The first-order chi connectivity index (χ1) is 15.2. The smallest absolute Gasteiger partial charge is 0.154 e. The van der Waals surface area contributed by atoms with E-state index in [-0.39, 0.29) is 6.04 Å². The molecule has 3 fully saturated rings. The molecule has 2 aromatic heterocycles. The van der Waals surface area contributed by atoms with Crippen molar-refractivity contribution in [3.8, 4) is 17.1 Å². The van der Waals surface area contributed by atoms with E-state index in [0.717, 1.165) is 40.0 Å². The summed E-state index contributed by atoms with van der Waals surface area (Å²) in [6.07, 6.45) is 7.66. The summed E-state index contributed by atoms with van der Waals surface area (Å²) in [7, 11) is 0. The standard InChI is InChI=1S/C27H23N3O/c1-17-26-25(23-8-5-11-31-23)28-16-30(26)22-10-9-20(27-13-18(14-27)15-27)12-21(22)24(29-17)19-6-3-2-4-7-19/h2-12,16-18H,13-15H2,1H3/t17-,18?,27?/m0/s1. The molecule has 2 aromatic carbocycles. The molecule has 152 valence electrons. The molecule has 3 heterocycles. The van der Waals surface area contributed by atoms with E-state index in [1.807, 2.05) is 18.5 Å². The zero-order valence-electron chi connectivity index (χ0n) is 17.5. The van der Waals surface area contributed by atoms with Crippen molar-refractivity contribution in [1.29, 1.82) is 0 Å².